The van der Waals surface area contributed by atoms with Crippen LogP contribution in [0.1, 0.15) is 28.8 Å². The van der Waals surface area contributed by atoms with Crippen molar-refractivity contribution in [2.75, 3.05) is 5.32 Å². The average molecular weight is 414 g/mol. The van der Waals surface area contributed by atoms with Crippen LogP contribution in [0.25, 0.3) is 16.8 Å². The van der Waals surface area contributed by atoms with Crippen LogP contribution in [-0.2, 0) is 26.4 Å². The Balaban J connectivity index is 1.58. The molecule has 0 amide bonds. The summed E-state index contributed by atoms with van der Waals surface area (Å²) >= 11 is 0. The summed E-state index contributed by atoms with van der Waals surface area (Å²) in [5.74, 6) is 0.188. The van der Waals surface area contributed by atoms with Crippen molar-refractivity contribution in [1.29, 1.82) is 5.26 Å². The maximum atomic E-state index is 14.5. The highest BCUT2D eigenvalue weighted by molar-refractivity contribution is 5.78. The van der Waals surface area contributed by atoms with Crippen molar-refractivity contribution in [3.63, 3.8) is 0 Å². The standard InChI is InChI=1S/C23H19FN6O/c1-29-9-3-6-17(22(29)31)19-12-27-23(30-13-15(10-25)28-21(19)30)26-11-18-16-5-2-4-14(16)7-8-20(18)24/h3,6-9,12-13H,2,4-5,11H2,1H3,(H,26,27). The van der Waals surface area contributed by atoms with E-state index in [1.807, 2.05) is 12.1 Å². The first-order chi connectivity index (χ1) is 15.1. The van der Waals surface area contributed by atoms with Crippen LogP contribution in [0.5, 0.6) is 0 Å². The molecule has 5 rings (SSSR count). The van der Waals surface area contributed by atoms with Gasteiger partial charge in [0.1, 0.15) is 11.9 Å². The predicted molar refractivity (Wildman–Crippen MR) is 114 cm³/mol. The molecule has 0 radical (unpaired) electrons. The summed E-state index contributed by atoms with van der Waals surface area (Å²) in [4.78, 5) is 21.4. The molecule has 0 bridgehead atoms. The van der Waals surface area contributed by atoms with Crippen LogP contribution in [0.2, 0.25) is 0 Å². The zero-order valence-electron chi connectivity index (χ0n) is 16.9. The number of imidazole rings is 1. The Morgan fingerprint density at radius 1 is 1.26 bits per heavy atom. The highest BCUT2D eigenvalue weighted by Gasteiger charge is 2.19. The summed E-state index contributed by atoms with van der Waals surface area (Å²) in [6.07, 6.45) is 7.67. The lowest BCUT2D eigenvalue weighted by atomic mass is 10.0. The molecule has 1 aromatic carbocycles. The number of rotatable bonds is 4. The van der Waals surface area contributed by atoms with E-state index in [9.17, 15) is 14.4 Å². The summed E-state index contributed by atoms with van der Waals surface area (Å²) in [5, 5.41) is 12.6. The van der Waals surface area contributed by atoms with Gasteiger partial charge in [-0.2, -0.15) is 5.26 Å². The van der Waals surface area contributed by atoms with Crippen LogP contribution in [0.3, 0.4) is 0 Å². The molecular weight excluding hydrogens is 395 g/mol. The number of nitrogens with zero attached hydrogens (tertiary/aromatic N) is 5. The Kier molecular flexibility index (Phi) is 4.51. The maximum absolute atomic E-state index is 14.5. The molecule has 3 aromatic heterocycles. The lowest BCUT2D eigenvalue weighted by Gasteiger charge is -2.13. The molecule has 0 atom stereocenters. The number of pyridine rings is 1. The van der Waals surface area contributed by atoms with E-state index in [1.165, 1.54) is 16.2 Å². The van der Waals surface area contributed by atoms with Crippen molar-refractivity contribution in [1.82, 2.24) is 18.9 Å². The smallest absolute Gasteiger partial charge is 0.258 e. The number of nitriles is 1. The van der Waals surface area contributed by atoms with Gasteiger partial charge in [0.15, 0.2) is 11.3 Å². The highest BCUT2D eigenvalue weighted by atomic mass is 19.1. The molecule has 0 unspecified atom stereocenters. The van der Waals surface area contributed by atoms with Gasteiger partial charge >= 0.3 is 0 Å². The van der Waals surface area contributed by atoms with Gasteiger partial charge in [-0.15, -0.1) is 0 Å². The van der Waals surface area contributed by atoms with Crippen molar-refractivity contribution in [2.24, 2.45) is 7.05 Å². The second-order valence-corrected chi connectivity index (χ2v) is 7.64. The Morgan fingerprint density at radius 2 is 2.13 bits per heavy atom. The minimum Gasteiger partial charge on any atom is -0.351 e. The number of aromatic nitrogens is 4. The zero-order chi connectivity index (χ0) is 21.5. The predicted octanol–water partition coefficient (Wildman–Crippen LogP) is 3.21. The lowest BCUT2D eigenvalue weighted by Crippen LogP contribution is -2.18. The number of aryl methyl sites for hydroxylation is 2. The third-order valence-corrected chi connectivity index (χ3v) is 5.79. The third kappa shape index (κ3) is 3.15. The fraction of sp³-hybridized carbons (Fsp3) is 0.217. The van der Waals surface area contributed by atoms with Crippen LogP contribution in [-0.4, -0.2) is 18.9 Å². The summed E-state index contributed by atoms with van der Waals surface area (Å²) in [6, 6.07) is 8.89. The molecule has 0 aliphatic heterocycles. The van der Waals surface area contributed by atoms with E-state index in [0.29, 0.717) is 28.3 Å². The number of nitrogens with one attached hydrogen (secondary N) is 1. The van der Waals surface area contributed by atoms with Crippen LogP contribution >= 0.6 is 0 Å². The molecule has 0 fully saturated rings. The number of hydrogen-bond acceptors (Lipinski definition) is 5. The molecule has 0 saturated carbocycles. The Labute approximate surface area is 177 Å². The molecule has 1 N–H and O–H groups in total. The van der Waals surface area contributed by atoms with E-state index in [0.717, 1.165) is 24.8 Å². The van der Waals surface area contributed by atoms with Crippen molar-refractivity contribution in [3.05, 3.63) is 81.4 Å². The quantitative estimate of drug-likeness (QED) is 0.554. The van der Waals surface area contributed by atoms with Gasteiger partial charge in [0.05, 0.1) is 11.8 Å². The fourth-order valence-corrected chi connectivity index (χ4v) is 4.23. The van der Waals surface area contributed by atoms with Crippen molar-refractivity contribution in [3.8, 4) is 17.2 Å². The first-order valence-corrected chi connectivity index (χ1v) is 10.0. The molecule has 1 aliphatic rings. The molecule has 3 heterocycles. The van der Waals surface area contributed by atoms with Gasteiger partial charge in [0.25, 0.3) is 5.56 Å². The van der Waals surface area contributed by atoms with Crippen molar-refractivity contribution < 1.29 is 4.39 Å². The molecule has 154 valence electrons. The van der Waals surface area contributed by atoms with Gasteiger partial charge in [0, 0.05) is 37.1 Å². The lowest BCUT2D eigenvalue weighted by molar-refractivity contribution is 0.609. The number of benzene rings is 1. The fourth-order valence-electron chi connectivity index (χ4n) is 4.23. The monoisotopic (exact) mass is 414 g/mol. The van der Waals surface area contributed by atoms with E-state index >= 15 is 0 Å². The SMILES string of the molecule is Cn1cccc(-c2cnc(NCc3c(F)ccc4c3CCC4)n3cc(C#N)nc23)c1=O. The van der Waals surface area contributed by atoms with Crippen LogP contribution in [0, 0.1) is 17.1 Å². The summed E-state index contributed by atoms with van der Waals surface area (Å²) < 4.78 is 17.6. The number of hydrogen-bond donors (Lipinski definition) is 1. The molecule has 31 heavy (non-hydrogen) atoms. The van der Waals surface area contributed by atoms with Gasteiger partial charge in [0.2, 0.25) is 5.95 Å². The molecule has 7 nitrogen and oxygen atoms in total. The molecule has 0 spiro atoms. The Bertz CT molecular complexity index is 1430. The number of halogens is 1. The van der Waals surface area contributed by atoms with Crippen molar-refractivity contribution >= 4 is 11.6 Å². The average Bonchev–Trinajstić information content (AvgIpc) is 3.42. The van der Waals surface area contributed by atoms with Gasteiger partial charge in [-0.05, 0) is 48.6 Å². The molecular formula is C23H19FN6O. The van der Waals surface area contributed by atoms with Crippen LogP contribution in [0.4, 0.5) is 10.3 Å². The van der Waals surface area contributed by atoms with Gasteiger partial charge in [-0.1, -0.05) is 6.07 Å². The number of fused-ring (bicyclic) bond motifs is 2. The molecule has 0 saturated heterocycles. The minimum absolute atomic E-state index is 0.185. The highest BCUT2D eigenvalue weighted by Crippen LogP contribution is 2.28. The van der Waals surface area contributed by atoms with E-state index in [2.05, 4.69) is 15.3 Å². The molecule has 4 aromatic rings. The van der Waals surface area contributed by atoms with E-state index in [1.54, 1.807) is 42.2 Å². The van der Waals surface area contributed by atoms with Gasteiger partial charge in [-0.25, -0.2) is 14.4 Å². The molecule has 1 aliphatic carbocycles. The van der Waals surface area contributed by atoms with E-state index < -0.39 is 0 Å². The Hall–Kier alpha value is -3.99. The number of anilines is 1. The summed E-state index contributed by atoms with van der Waals surface area (Å²) in [7, 11) is 1.67. The maximum Gasteiger partial charge on any atom is 0.258 e. The first-order valence-electron chi connectivity index (χ1n) is 10.0. The van der Waals surface area contributed by atoms with Crippen molar-refractivity contribution in [2.45, 2.75) is 25.8 Å². The zero-order valence-corrected chi connectivity index (χ0v) is 16.9. The van der Waals surface area contributed by atoms with Crippen LogP contribution < -0.4 is 10.9 Å². The van der Waals surface area contributed by atoms with E-state index in [-0.39, 0.29) is 23.6 Å². The summed E-state index contributed by atoms with van der Waals surface area (Å²) in [5.41, 5.74) is 4.34. The molecule has 8 heteroatoms. The minimum atomic E-state index is -0.239. The van der Waals surface area contributed by atoms with Gasteiger partial charge < -0.3 is 9.88 Å². The Morgan fingerprint density at radius 3 is 2.97 bits per heavy atom. The first kappa shape index (κ1) is 19.0. The second kappa shape index (κ2) is 7.36. The van der Waals surface area contributed by atoms with Crippen LogP contribution in [0.15, 0.2) is 47.7 Å². The van der Waals surface area contributed by atoms with Gasteiger partial charge in [-0.3, -0.25) is 9.20 Å². The van der Waals surface area contributed by atoms with E-state index in [4.69, 9.17) is 0 Å². The summed E-state index contributed by atoms with van der Waals surface area (Å²) in [6.45, 7) is 0.267. The largest absolute Gasteiger partial charge is 0.351 e. The third-order valence-electron chi connectivity index (χ3n) is 5.79. The normalized spacial score (nSPS) is 12.7. The second-order valence-electron chi connectivity index (χ2n) is 7.64. The topological polar surface area (TPSA) is 88.0 Å².